The summed E-state index contributed by atoms with van der Waals surface area (Å²) in [5.41, 5.74) is 0.625. The molecule has 182 valence electrons. The molecule has 1 N–H and O–H groups in total. The van der Waals surface area contributed by atoms with E-state index in [9.17, 15) is 9.59 Å². The average Bonchev–Trinajstić information content (AvgIpc) is 3.21. The van der Waals surface area contributed by atoms with Gasteiger partial charge in [-0.3, -0.25) is 9.59 Å². The van der Waals surface area contributed by atoms with Crippen LogP contribution in [0.2, 0.25) is 0 Å². The summed E-state index contributed by atoms with van der Waals surface area (Å²) in [5.74, 6) is -0.0330. The van der Waals surface area contributed by atoms with E-state index in [0.717, 1.165) is 6.61 Å². The van der Waals surface area contributed by atoms with Gasteiger partial charge in [0.2, 0.25) is 5.91 Å². The van der Waals surface area contributed by atoms with Crippen molar-refractivity contribution in [3.05, 3.63) is 24.0 Å². The van der Waals surface area contributed by atoms with Crippen molar-refractivity contribution in [1.82, 2.24) is 20.3 Å². The van der Waals surface area contributed by atoms with Gasteiger partial charge in [0, 0.05) is 18.6 Å². The molecule has 32 heavy (non-hydrogen) atoms. The van der Waals surface area contributed by atoms with E-state index in [2.05, 4.69) is 29.5 Å². The molecule has 0 radical (unpaired) electrons. The largest absolute Gasteiger partial charge is 0.379 e. The lowest BCUT2D eigenvalue weighted by Crippen LogP contribution is -2.21. The first-order valence-corrected chi connectivity index (χ1v) is 11.1. The fraction of sp³-hybridized carbons (Fsp3) is 0.727. The molecule has 1 aromatic heterocycles. The number of aromatic nitrogens is 3. The van der Waals surface area contributed by atoms with Gasteiger partial charge in [-0.25, -0.2) is 4.68 Å². The van der Waals surface area contributed by atoms with Crippen LogP contribution in [0, 0.1) is 11.8 Å². The molecule has 0 saturated carbocycles. The Morgan fingerprint density at radius 3 is 2.12 bits per heavy atom. The van der Waals surface area contributed by atoms with E-state index in [1.807, 2.05) is 0 Å². The van der Waals surface area contributed by atoms with Crippen molar-refractivity contribution in [1.29, 1.82) is 0 Å². The van der Waals surface area contributed by atoms with E-state index in [1.54, 1.807) is 24.7 Å². The Kier molecular flexibility index (Phi) is 15.2. The number of nitrogens with zero attached hydrogens (tertiary/aromatic N) is 3. The predicted octanol–water partition coefficient (Wildman–Crippen LogP) is 1.40. The Bertz CT molecular complexity index is 675. The molecule has 1 heterocycles. The predicted molar refractivity (Wildman–Crippen MR) is 119 cm³/mol. The van der Waals surface area contributed by atoms with Crippen LogP contribution in [0.1, 0.15) is 33.4 Å². The maximum atomic E-state index is 11.7. The van der Waals surface area contributed by atoms with E-state index in [1.165, 1.54) is 12.2 Å². The van der Waals surface area contributed by atoms with Gasteiger partial charge in [-0.05, 0) is 12.0 Å². The van der Waals surface area contributed by atoms with Crippen LogP contribution in [0.4, 0.5) is 0 Å². The number of amides is 1. The summed E-state index contributed by atoms with van der Waals surface area (Å²) < 4.78 is 23.4. The smallest absolute Gasteiger partial charge is 0.244 e. The molecule has 1 aromatic rings. The van der Waals surface area contributed by atoms with Crippen molar-refractivity contribution in [2.24, 2.45) is 11.8 Å². The fourth-order valence-corrected chi connectivity index (χ4v) is 2.25. The third-order valence-corrected chi connectivity index (χ3v) is 4.03. The third kappa shape index (κ3) is 14.8. The second-order valence-electron chi connectivity index (χ2n) is 7.89. The van der Waals surface area contributed by atoms with Gasteiger partial charge < -0.3 is 24.3 Å². The normalized spacial score (nSPS) is 11.7. The highest BCUT2D eigenvalue weighted by atomic mass is 16.6. The Labute approximate surface area is 190 Å². The van der Waals surface area contributed by atoms with E-state index in [0.29, 0.717) is 64.4 Å². The molecule has 0 bridgehead atoms. The highest BCUT2D eigenvalue weighted by Gasteiger charge is 2.05. The molecule has 0 spiro atoms. The maximum absolute atomic E-state index is 11.7. The number of allylic oxidation sites excluding steroid dienone is 1. The lowest BCUT2D eigenvalue weighted by Gasteiger charge is -2.08. The number of hydrogen-bond acceptors (Lipinski definition) is 8. The van der Waals surface area contributed by atoms with Gasteiger partial charge in [0.1, 0.15) is 5.69 Å². The Morgan fingerprint density at radius 1 is 0.938 bits per heavy atom. The van der Waals surface area contributed by atoms with E-state index in [4.69, 9.17) is 18.9 Å². The molecule has 0 aromatic carbocycles. The van der Waals surface area contributed by atoms with Gasteiger partial charge in [-0.1, -0.05) is 32.9 Å². The van der Waals surface area contributed by atoms with Crippen LogP contribution in [0.15, 0.2) is 18.3 Å². The molecule has 0 atom stereocenters. The van der Waals surface area contributed by atoms with Crippen molar-refractivity contribution in [3.8, 4) is 0 Å². The summed E-state index contributed by atoms with van der Waals surface area (Å²) in [4.78, 5) is 23.2. The number of ether oxygens (including phenoxy) is 4. The second kappa shape index (κ2) is 17.4. The number of carbonyl (C=O) groups excluding carboxylic acids is 2. The zero-order chi connectivity index (χ0) is 23.6. The first-order chi connectivity index (χ1) is 15.4. The molecular weight excluding hydrogens is 416 g/mol. The maximum Gasteiger partial charge on any atom is 0.244 e. The quantitative estimate of drug-likeness (QED) is 0.246. The molecule has 0 unspecified atom stereocenters. The summed E-state index contributed by atoms with van der Waals surface area (Å²) in [6.45, 7) is 13.0. The average molecular weight is 455 g/mol. The van der Waals surface area contributed by atoms with Crippen LogP contribution in [0.25, 0.3) is 0 Å². The summed E-state index contributed by atoms with van der Waals surface area (Å²) in [7, 11) is 0. The first kappa shape index (κ1) is 27.9. The Hall–Kier alpha value is -2.14. The van der Waals surface area contributed by atoms with E-state index >= 15 is 0 Å². The Balaban J connectivity index is 1.99. The minimum atomic E-state index is -0.346. The number of ketones is 1. The van der Waals surface area contributed by atoms with E-state index in [-0.39, 0.29) is 24.2 Å². The molecule has 0 fully saturated rings. The summed E-state index contributed by atoms with van der Waals surface area (Å²) in [6.07, 6.45) is 4.26. The zero-order valence-corrected chi connectivity index (χ0v) is 19.7. The minimum Gasteiger partial charge on any atom is -0.379 e. The highest BCUT2D eigenvalue weighted by molar-refractivity contribution is 5.98. The van der Waals surface area contributed by atoms with Gasteiger partial charge in [-0.15, -0.1) is 5.10 Å². The van der Waals surface area contributed by atoms with Gasteiger partial charge in [0.15, 0.2) is 5.78 Å². The molecular formula is C22H38N4O6. The van der Waals surface area contributed by atoms with Gasteiger partial charge >= 0.3 is 0 Å². The van der Waals surface area contributed by atoms with Crippen molar-refractivity contribution in [2.45, 2.75) is 40.8 Å². The minimum absolute atomic E-state index is 0.0903. The molecule has 10 heteroatoms. The van der Waals surface area contributed by atoms with E-state index < -0.39 is 0 Å². The van der Waals surface area contributed by atoms with Crippen LogP contribution in [-0.4, -0.2) is 79.5 Å². The van der Waals surface area contributed by atoms with Crippen LogP contribution in [0.5, 0.6) is 0 Å². The highest BCUT2D eigenvalue weighted by Crippen LogP contribution is 1.96. The molecule has 0 saturated heterocycles. The van der Waals surface area contributed by atoms with Crippen LogP contribution in [-0.2, 0) is 41.6 Å². The molecule has 1 rings (SSSR count). The molecule has 0 aliphatic carbocycles. The van der Waals surface area contributed by atoms with Crippen LogP contribution >= 0.6 is 0 Å². The standard InChI is InChI=1S/C22H38N4O6/c1-18(2)17-32-14-13-31-12-11-30-10-9-29-8-7-26-16-20(24-25-26)15-23-22(28)6-5-21(27)19(3)4/h5-6,16,18-19H,7-15,17H2,1-4H3,(H,23,28)/b6-5-. The van der Waals surface area contributed by atoms with Crippen LogP contribution in [0.3, 0.4) is 0 Å². The summed E-state index contributed by atoms with van der Waals surface area (Å²) >= 11 is 0. The SMILES string of the molecule is CC(C)COCCOCCOCCOCCn1cc(CNC(=O)/C=C\C(=O)C(C)C)nn1. The Morgan fingerprint density at radius 2 is 1.53 bits per heavy atom. The van der Waals surface area contributed by atoms with Gasteiger partial charge in [0.25, 0.3) is 0 Å². The molecule has 0 aliphatic rings. The molecule has 10 nitrogen and oxygen atoms in total. The number of nitrogens with one attached hydrogen (secondary N) is 1. The monoisotopic (exact) mass is 454 g/mol. The van der Waals surface area contributed by atoms with Crippen molar-refractivity contribution < 1.29 is 28.5 Å². The lowest BCUT2D eigenvalue weighted by atomic mass is 10.1. The van der Waals surface area contributed by atoms with Crippen molar-refractivity contribution >= 4 is 11.7 Å². The third-order valence-electron chi connectivity index (χ3n) is 4.03. The van der Waals surface area contributed by atoms with Crippen molar-refractivity contribution in [2.75, 3.05) is 52.9 Å². The summed E-state index contributed by atoms with van der Waals surface area (Å²) in [5, 5.41) is 10.7. The number of hydrogen-bond donors (Lipinski definition) is 1. The summed E-state index contributed by atoms with van der Waals surface area (Å²) in [6, 6.07) is 0. The fourth-order valence-electron chi connectivity index (χ4n) is 2.25. The topological polar surface area (TPSA) is 114 Å². The zero-order valence-electron chi connectivity index (χ0n) is 19.7. The number of carbonyl (C=O) groups is 2. The van der Waals surface area contributed by atoms with Gasteiger partial charge in [0.05, 0.1) is 65.5 Å². The lowest BCUT2D eigenvalue weighted by molar-refractivity contribution is -0.119. The van der Waals surface area contributed by atoms with Crippen molar-refractivity contribution in [3.63, 3.8) is 0 Å². The molecule has 1 amide bonds. The molecule has 0 aliphatic heterocycles. The second-order valence-corrected chi connectivity index (χ2v) is 7.89. The number of rotatable bonds is 19. The first-order valence-electron chi connectivity index (χ1n) is 11.1. The van der Waals surface area contributed by atoms with Gasteiger partial charge in [-0.2, -0.15) is 0 Å². The van der Waals surface area contributed by atoms with Crippen LogP contribution < -0.4 is 5.32 Å².